The second kappa shape index (κ2) is 7.16. The van der Waals surface area contributed by atoms with Crippen molar-refractivity contribution in [1.29, 1.82) is 0 Å². The summed E-state index contributed by atoms with van der Waals surface area (Å²) in [7, 11) is 0. The molecule has 2 nitrogen and oxygen atoms in total. The average molecular weight is 283 g/mol. The van der Waals surface area contributed by atoms with Crippen LogP contribution in [-0.2, 0) is 6.42 Å². The van der Waals surface area contributed by atoms with Crippen molar-refractivity contribution in [3.05, 3.63) is 58.7 Å². The Morgan fingerprint density at radius 3 is 2.38 bits per heavy atom. The van der Waals surface area contributed by atoms with Crippen LogP contribution >= 0.6 is 0 Å². The average Bonchev–Trinajstić information content (AvgIpc) is 2.43. The van der Waals surface area contributed by atoms with Crippen LogP contribution in [0.5, 0.6) is 5.75 Å². The van der Waals surface area contributed by atoms with E-state index >= 15 is 0 Å². The molecule has 0 aromatic heterocycles. The third kappa shape index (κ3) is 4.25. The number of hydrogen-bond acceptors (Lipinski definition) is 2. The topological polar surface area (TPSA) is 21.3 Å². The molecule has 0 unspecified atom stereocenters. The Kier molecular flexibility index (Phi) is 5.26. The van der Waals surface area contributed by atoms with Crippen molar-refractivity contribution >= 4 is 5.69 Å². The van der Waals surface area contributed by atoms with Crippen LogP contribution in [0.3, 0.4) is 0 Å². The summed E-state index contributed by atoms with van der Waals surface area (Å²) in [5, 5.41) is 3.51. The number of benzene rings is 2. The minimum atomic E-state index is 0.667. The van der Waals surface area contributed by atoms with Gasteiger partial charge in [0.15, 0.2) is 0 Å². The SMILES string of the molecule is CCc1cccc(C)c1NCCOc1cc(C)cc(C)c1. The summed E-state index contributed by atoms with van der Waals surface area (Å²) in [6, 6.07) is 12.8. The molecule has 0 aliphatic carbocycles. The van der Waals surface area contributed by atoms with Crippen LogP contribution < -0.4 is 10.1 Å². The summed E-state index contributed by atoms with van der Waals surface area (Å²) in [5.74, 6) is 0.954. The lowest BCUT2D eigenvalue weighted by molar-refractivity contribution is 0.332. The Morgan fingerprint density at radius 2 is 1.71 bits per heavy atom. The van der Waals surface area contributed by atoms with Crippen LogP contribution in [0.25, 0.3) is 0 Å². The van der Waals surface area contributed by atoms with Crippen molar-refractivity contribution in [2.45, 2.75) is 34.1 Å². The number of para-hydroxylation sites is 1. The zero-order chi connectivity index (χ0) is 15.2. The zero-order valence-electron chi connectivity index (χ0n) is 13.5. The molecular weight excluding hydrogens is 258 g/mol. The number of rotatable bonds is 6. The Balaban J connectivity index is 1.90. The molecule has 0 bridgehead atoms. The molecule has 0 heterocycles. The van der Waals surface area contributed by atoms with Gasteiger partial charge >= 0.3 is 0 Å². The van der Waals surface area contributed by atoms with E-state index in [-0.39, 0.29) is 0 Å². The van der Waals surface area contributed by atoms with Gasteiger partial charge in [-0.15, -0.1) is 0 Å². The molecule has 2 rings (SSSR count). The minimum absolute atomic E-state index is 0.667. The highest BCUT2D eigenvalue weighted by molar-refractivity contribution is 5.57. The first-order chi connectivity index (χ1) is 10.1. The fourth-order valence-electron chi connectivity index (χ4n) is 2.64. The molecular formula is C19H25NO. The molecule has 0 saturated heterocycles. The van der Waals surface area contributed by atoms with Crippen LogP contribution in [0, 0.1) is 20.8 Å². The molecule has 0 atom stereocenters. The molecule has 1 N–H and O–H groups in total. The number of hydrogen-bond donors (Lipinski definition) is 1. The van der Waals surface area contributed by atoms with Crippen molar-refractivity contribution in [2.24, 2.45) is 0 Å². The van der Waals surface area contributed by atoms with Gasteiger partial charge in [-0.25, -0.2) is 0 Å². The van der Waals surface area contributed by atoms with E-state index in [9.17, 15) is 0 Å². The smallest absolute Gasteiger partial charge is 0.119 e. The maximum atomic E-state index is 5.84. The molecule has 2 aromatic carbocycles. The highest BCUT2D eigenvalue weighted by Crippen LogP contribution is 2.21. The first-order valence-corrected chi connectivity index (χ1v) is 7.63. The summed E-state index contributed by atoms with van der Waals surface area (Å²) in [5.41, 5.74) is 6.39. The molecule has 0 fully saturated rings. The molecule has 0 saturated carbocycles. The molecule has 112 valence electrons. The van der Waals surface area contributed by atoms with Gasteiger partial charge in [-0.1, -0.05) is 31.2 Å². The molecule has 0 spiro atoms. The highest BCUT2D eigenvalue weighted by atomic mass is 16.5. The molecule has 2 aromatic rings. The van der Waals surface area contributed by atoms with Crippen molar-refractivity contribution in [3.8, 4) is 5.75 Å². The maximum Gasteiger partial charge on any atom is 0.119 e. The molecule has 0 aliphatic heterocycles. The van der Waals surface area contributed by atoms with Gasteiger partial charge in [-0.2, -0.15) is 0 Å². The predicted octanol–water partition coefficient (Wildman–Crippen LogP) is 4.67. The Hall–Kier alpha value is -1.96. The fourth-order valence-corrected chi connectivity index (χ4v) is 2.64. The van der Waals surface area contributed by atoms with Crippen LogP contribution in [0.2, 0.25) is 0 Å². The van der Waals surface area contributed by atoms with Crippen molar-refractivity contribution in [1.82, 2.24) is 0 Å². The standard InChI is InChI=1S/C19H25NO/c1-5-17-8-6-7-16(4)19(17)20-9-10-21-18-12-14(2)11-15(3)13-18/h6-8,11-13,20H,5,9-10H2,1-4H3. The zero-order valence-corrected chi connectivity index (χ0v) is 13.5. The number of ether oxygens (including phenoxy) is 1. The molecule has 0 radical (unpaired) electrons. The van der Waals surface area contributed by atoms with E-state index in [1.165, 1.54) is 27.9 Å². The van der Waals surface area contributed by atoms with E-state index in [1.807, 2.05) is 0 Å². The number of nitrogens with one attached hydrogen (secondary N) is 1. The van der Waals surface area contributed by atoms with Gasteiger partial charge in [-0.05, 0) is 61.6 Å². The van der Waals surface area contributed by atoms with E-state index < -0.39 is 0 Å². The minimum Gasteiger partial charge on any atom is -0.492 e. The van der Waals surface area contributed by atoms with Gasteiger partial charge in [-0.3, -0.25) is 0 Å². The third-order valence-electron chi connectivity index (χ3n) is 3.61. The lowest BCUT2D eigenvalue weighted by atomic mass is 10.1. The number of anilines is 1. The van der Waals surface area contributed by atoms with E-state index in [4.69, 9.17) is 4.74 Å². The van der Waals surface area contributed by atoms with Gasteiger partial charge in [0, 0.05) is 12.2 Å². The van der Waals surface area contributed by atoms with Gasteiger partial charge < -0.3 is 10.1 Å². The first kappa shape index (κ1) is 15.4. The maximum absolute atomic E-state index is 5.84. The lowest BCUT2D eigenvalue weighted by Gasteiger charge is -2.14. The van der Waals surface area contributed by atoms with Crippen LogP contribution in [-0.4, -0.2) is 13.2 Å². The normalized spacial score (nSPS) is 10.5. The second-order valence-electron chi connectivity index (χ2n) is 5.56. The van der Waals surface area contributed by atoms with Crippen LogP contribution in [0.1, 0.15) is 29.2 Å². The summed E-state index contributed by atoms with van der Waals surface area (Å²) in [6.45, 7) is 10.0. The first-order valence-electron chi connectivity index (χ1n) is 7.63. The van der Waals surface area contributed by atoms with E-state index in [1.54, 1.807) is 0 Å². The number of aryl methyl sites for hydroxylation is 4. The monoisotopic (exact) mass is 283 g/mol. The molecule has 2 heteroatoms. The van der Waals surface area contributed by atoms with Crippen molar-refractivity contribution in [3.63, 3.8) is 0 Å². The lowest BCUT2D eigenvalue weighted by Crippen LogP contribution is -2.13. The highest BCUT2D eigenvalue weighted by Gasteiger charge is 2.03. The Labute approximate surface area is 128 Å². The van der Waals surface area contributed by atoms with Gasteiger partial charge in [0.25, 0.3) is 0 Å². The second-order valence-corrected chi connectivity index (χ2v) is 5.56. The third-order valence-corrected chi connectivity index (χ3v) is 3.61. The molecule has 0 aliphatic rings. The van der Waals surface area contributed by atoms with Gasteiger partial charge in [0.2, 0.25) is 0 Å². The quantitative estimate of drug-likeness (QED) is 0.778. The summed E-state index contributed by atoms with van der Waals surface area (Å²) >= 11 is 0. The van der Waals surface area contributed by atoms with Gasteiger partial charge in [0.1, 0.15) is 12.4 Å². The fraction of sp³-hybridized carbons (Fsp3) is 0.368. The van der Waals surface area contributed by atoms with Crippen molar-refractivity contribution < 1.29 is 4.74 Å². The Morgan fingerprint density at radius 1 is 1.00 bits per heavy atom. The molecule has 0 amide bonds. The van der Waals surface area contributed by atoms with Crippen molar-refractivity contribution in [2.75, 3.05) is 18.5 Å². The van der Waals surface area contributed by atoms with Crippen LogP contribution in [0.15, 0.2) is 36.4 Å². The summed E-state index contributed by atoms with van der Waals surface area (Å²) in [4.78, 5) is 0. The largest absolute Gasteiger partial charge is 0.492 e. The van der Waals surface area contributed by atoms with Crippen LogP contribution in [0.4, 0.5) is 5.69 Å². The van der Waals surface area contributed by atoms with E-state index in [2.05, 4.69) is 69.4 Å². The summed E-state index contributed by atoms with van der Waals surface area (Å²) < 4.78 is 5.84. The van der Waals surface area contributed by atoms with E-state index in [0.29, 0.717) is 6.61 Å². The Bertz CT molecular complexity index is 584. The predicted molar refractivity (Wildman–Crippen MR) is 90.5 cm³/mol. The van der Waals surface area contributed by atoms with E-state index in [0.717, 1.165) is 18.7 Å². The summed E-state index contributed by atoms with van der Waals surface area (Å²) in [6.07, 6.45) is 1.04. The molecule has 21 heavy (non-hydrogen) atoms. The van der Waals surface area contributed by atoms with Gasteiger partial charge in [0.05, 0.1) is 0 Å².